The van der Waals surface area contributed by atoms with Crippen molar-refractivity contribution >= 4 is 0 Å². The molecule has 0 amide bonds. The van der Waals surface area contributed by atoms with Gasteiger partial charge < -0.3 is 5.32 Å². The van der Waals surface area contributed by atoms with Crippen molar-refractivity contribution in [1.29, 1.82) is 0 Å². The second-order valence-corrected chi connectivity index (χ2v) is 6.11. The lowest BCUT2D eigenvalue weighted by Crippen LogP contribution is -2.30. The van der Waals surface area contributed by atoms with Gasteiger partial charge in [-0.3, -0.25) is 0 Å². The van der Waals surface area contributed by atoms with Crippen molar-refractivity contribution in [3.8, 4) is 0 Å². The Morgan fingerprint density at radius 3 is 2.35 bits per heavy atom. The number of nitrogens with one attached hydrogen (secondary N) is 1. The van der Waals surface area contributed by atoms with E-state index in [1.807, 2.05) is 12.1 Å². The summed E-state index contributed by atoms with van der Waals surface area (Å²) in [5.74, 6) is 0.508. The monoisotopic (exact) mass is 279 g/mol. The van der Waals surface area contributed by atoms with Gasteiger partial charge in [0.15, 0.2) is 0 Å². The second kappa shape index (κ2) is 9.93. The van der Waals surface area contributed by atoms with E-state index in [0.717, 1.165) is 13.0 Å². The predicted molar refractivity (Wildman–Crippen MR) is 85.5 cm³/mol. The Hall–Kier alpha value is -0.890. The van der Waals surface area contributed by atoms with Crippen LogP contribution in [0.5, 0.6) is 0 Å². The first-order chi connectivity index (χ1) is 9.61. The maximum Gasteiger partial charge on any atom is 0.123 e. The van der Waals surface area contributed by atoms with E-state index in [2.05, 4.69) is 26.1 Å². The topological polar surface area (TPSA) is 12.0 Å². The van der Waals surface area contributed by atoms with Crippen LogP contribution < -0.4 is 5.32 Å². The lowest BCUT2D eigenvalue weighted by molar-refractivity contribution is 0.404. The van der Waals surface area contributed by atoms with Crippen LogP contribution in [0.25, 0.3) is 0 Å². The summed E-state index contributed by atoms with van der Waals surface area (Å²) in [5.41, 5.74) is 1.25. The lowest BCUT2D eigenvalue weighted by atomic mass is 9.93. The number of unbranched alkanes of at least 4 members (excludes halogenated alkanes) is 3. The summed E-state index contributed by atoms with van der Waals surface area (Å²) in [4.78, 5) is 0. The maximum absolute atomic E-state index is 13.0. The number of halogens is 1. The summed E-state index contributed by atoms with van der Waals surface area (Å²) in [6.07, 6.45) is 7.56. The molecule has 0 aliphatic carbocycles. The van der Waals surface area contributed by atoms with Gasteiger partial charge in [0.1, 0.15) is 5.82 Å². The molecule has 0 saturated carbocycles. The summed E-state index contributed by atoms with van der Waals surface area (Å²) in [6.45, 7) is 7.68. The van der Waals surface area contributed by atoms with E-state index in [9.17, 15) is 4.39 Å². The third-order valence-electron chi connectivity index (χ3n) is 3.72. The zero-order valence-corrected chi connectivity index (χ0v) is 13.3. The van der Waals surface area contributed by atoms with Gasteiger partial charge in [-0.05, 0) is 43.0 Å². The average Bonchev–Trinajstić information content (AvgIpc) is 2.43. The standard InChI is InChI=1S/C18H30FN/c1-4-5-6-7-8-17(14-20-15(2)3)13-16-9-11-18(19)12-10-16/h9-12,15,17,20H,4-8,13-14H2,1-3H3. The highest BCUT2D eigenvalue weighted by molar-refractivity contribution is 5.16. The predicted octanol–water partition coefficient (Wildman–Crippen LogP) is 4.95. The molecule has 0 bridgehead atoms. The minimum atomic E-state index is -0.145. The number of benzene rings is 1. The van der Waals surface area contributed by atoms with Crippen LogP contribution in [0.1, 0.15) is 58.4 Å². The van der Waals surface area contributed by atoms with E-state index in [-0.39, 0.29) is 5.82 Å². The van der Waals surface area contributed by atoms with Crippen LogP contribution in [0.3, 0.4) is 0 Å². The fraction of sp³-hybridized carbons (Fsp3) is 0.667. The first kappa shape index (κ1) is 17.2. The fourth-order valence-corrected chi connectivity index (χ4v) is 2.49. The van der Waals surface area contributed by atoms with E-state index in [0.29, 0.717) is 12.0 Å². The molecule has 0 radical (unpaired) electrons. The third kappa shape index (κ3) is 7.64. The van der Waals surface area contributed by atoms with Crippen LogP contribution in [0.2, 0.25) is 0 Å². The molecule has 20 heavy (non-hydrogen) atoms. The molecule has 0 fully saturated rings. The molecule has 0 saturated heterocycles. The number of hydrogen-bond acceptors (Lipinski definition) is 1. The molecule has 1 N–H and O–H groups in total. The van der Waals surface area contributed by atoms with E-state index >= 15 is 0 Å². The molecule has 114 valence electrons. The van der Waals surface area contributed by atoms with Crippen molar-refractivity contribution in [2.24, 2.45) is 5.92 Å². The number of hydrogen-bond donors (Lipinski definition) is 1. The smallest absolute Gasteiger partial charge is 0.123 e. The van der Waals surface area contributed by atoms with Gasteiger partial charge >= 0.3 is 0 Å². The van der Waals surface area contributed by atoms with Crippen LogP contribution in [-0.2, 0) is 6.42 Å². The van der Waals surface area contributed by atoms with E-state index in [4.69, 9.17) is 0 Å². The maximum atomic E-state index is 13.0. The molecule has 1 rings (SSSR count). The molecule has 0 heterocycles. The van der Waals surface area contributed by atoms with E-state index in [1.54, 1.807) is 12.1 Å². The Balaban J connectivity index is 2.45. The molecule has 0 aromatic heterocycles. The molecule has 0 aliphatic heterocycles. The summed E-state index contributed by atoms with van der Waals surface area (Å²) >= 11 is 0. The zero-order chi connectivity index (χ0) is 14.8. The largest absolute Gasteiger partial charge is 0.314 e. The highest BCUT2D eigenvalue weighted by Crippen LogP contribution is 2.17. The van der Waals surface area contributed by atoms with Gasteiger partial charge in [-0.2, -0.15) is 0 Å². The van der Waals surface area contributed by atoms with Crippen molar-refractivity contribution in [2.75, 3.05) is 6.54 Å². The Morgan fingerprint density at radius 2 is 1.75 bits per heavy atom. The van der Waals surface area contributed by atoms with Gasteiger partial charge in [-0.15, -0.1) is 0 Å². The Bertz CT molecular complexity index is 345. The third-order valence-corrected chi connectivity index (χ3v) is 3.72. The highest BCUT2D eigenvalue weighted by Gasteiger charge is 2.10. The Kier molecular flexibility index (Phi) is 8.52. The van der Waals surface area contributed by atoms with Crippen LogP contribution >= 0.6 is 0 Å². The molecule has 2 heteroatoms. The molecular weight excluding hydrogens is 249 g/mol. The molecule has 1 aromatic rings. The molecule has 1 atom stereocenters. The highest BCUT2D eigenvalue weighted by atomic mass is 19.1. The molecule has 0 aliphatic rings. The Labute approximate surface area is 124 Å². The normalized spacial score (nSPS) is 12.8. The van der Waals surface area contributed by atoms with Gasteiger partial charge in [-0.25, -0.2) is 4.39 Å². The molecule has 1 aromatic carbocycles. The molecular formula is C18H30FN. The van der Waals surface area contributed by atoms with Crippen molar-refractivity contribution in [1.82, 2.24) is 5.32 Å². The Morgan fingerprint density at radius 1 is 1.05 bits per heavy atom. The molecule has 1 nitrogen and oxygen atoms in total. The summed E-state index contributed by atoms with van der Waals surface area (Å²) < 4.78 is 13.0. The van der Waals surface area contributed by atoms with E-state index < -0.39 is 0 Å². The minimum Gasteiger partial charge on any atom is -0.314 e. The second-order valence-electron chi connectivity index (χ2n) is 6.11. The van der Waals surface area contributed by atoms with Crippen molar-refractivity contribution in [3.05, 3.63) is 35.6 Å². The zero-order valence-electron chi connectivity index (χ0n) is 13.3. The summed E-state index contributed by atoms with van der Waals surface area (Å²) in [6, 6.07) is 7.51. The molecule has 0 spiro atoms. The molecule has 1 unspecified atom stereocenters. The minimum absolute atomic E-state index is 0.145. The van der Waals surface area contributed by atoms with Crippen molar-refractivity contribution < 1.29 is 4.39 Å². The van der Waals surface area contributed by atoms with Gasteiger partial charge in [0.25, 0.3) is 0 Å². The van der Waals surface area contributed by atoms with Gasteiger partial charge in [0.2, 0.25) is 0 Å². The van der Waals surface area contributed by atoms with Crippen LogP contribution in [0.4, 0.5) is 4.39 Å². The summed E-state index contributed by atoms with van der Waals surface area (Å²) in [7, 11) is 0. The van der Waals surface area contributed by atoms with Crippen LogP contribution in [0.15, 0.2) is 24.3 Å². The van der Waals surface area contributed by atoms with Crippen molar-refractivity contribution in [3.63, 3.8) is 0 Å². The van der Waals surface area contributed by atoms with Crippen LogP contribution in [0, 0.1) is 11.7 Å². The quantitative estimate of drug-likeness (QED) is 0.597. The first-order valence-electron chi connectivity index (χ1n) is 8.09. The lowest BCUT2D eigenvalue weighted by Gasteiger charge is -2.19. The van der Waals surface area contributed by atoms with Gasteiger partial charge in [0, 0.05) is 6.04 Å². The average molecular weight is 279 g/mol. The van der Waals surface area contributed by atoms with Gasteiger partial charge in [-0.1, -0.05) is 58.6 Å². The SMILES string of the molecule is CCCCCCC(CNC(C)C)Cc1ccc(F)cc1. The van der Waals surface area contributed by atoms with Crippen LogP contribution in [-0.4, -0.2) is 12.6 Å². The summed E-state index contributed by atoms with van der Waals surface area (Å²) in [5, 5.41) is 3.54. The first-order valence-corrected chi connectivity index (χ1v) is 8.09. The van der Waals surface area contributed by atoms with Crippen molar-refractivity contribution in [2.45, 2.75) is 65.3 Å². The number of rotatable bonds is 10. The fourth-order valence-electron chi connectivity index (χ4n) is 2.49. The van der Waals surface area contributed by atoms with E-state index in [1.165, 1.54) is 37.7 Å². The van der Waals surface area contributed by atoms with Gasteiger partial charge in [0.05, 0.1) is 0 Å².